The number of nitrogens with zero attached hydrogens (tertiary/aromatic N) is 5. The number of hydrogen-bond acceptors (Lipinski definition) is 6. The molecule has 0 spiro atoms. The van der Waals surface area contributed by atoms with Crippen molar-refractivity contribution in [3.05, 3.63) is 29.2 Å². The highest BCUT2D eigenvalue weighted by Gasteiger charge is 2.43. The topological polar surface area (TPSA) is 86.3 Å². The Bertz CT molecular complexity index is 867. The van der Waals surface area contributed by atoms with Crippen LogP contribution in [0.15, 0.2) is 10.7 Å². The highest BCUT2D eigenvalue weighted by molar-refractivity contribution is 5.95. The summed E-state index contributed by atoms with van der Waals surface area (Å²) in [6, 6.07) is 0. The van der Waals surface area contributed by atoms with E-state index in [0.717, 1.165) is 24.4 Å². The normalized spacial score (nSPS) is 19.8. The third kappa shape index (κ3) is 3.34. The Morgan fingerprint density at radius 1 is 1.29 bits per heavy atom. The van der Waals surface area contributed by atoms with Crippen molar-refractivity contribution >= 4 is 5.91 Å². The maximum absolute atomic E-state index is 13.1. The number of methoxy groups -OCH3 is 1. The molecule has 8 nitrogen and oxygen atoms in total. The molecule has 152 valence electrons. The zero-order valence-electron chi connectivity index (χ0n) is 17.4. The van der Waals surface area contributed by atoms with Crippen LogP contribution < -0.4 is 0 Å². The van der Waals surface area contributed by atoms with Crippen molar-refractivity contribution < 1.29 is 14.1 Å². The number of hydrogen-bond donors (Lipinski definition) is 0. The van der Waals surface area contributed by atoms with E-state index in [0.29, 0.717) is 43.3 Å². The molecule has 0 aromatic carbocycles. The number of rotatable bonds is 4. The van der Waals surface area contributed by atoms with E-state index >= 15 is 0 Å². The van der Waals surface area contributed by atoms with Crippen molar-refractivity contribution in [2.45, 2.75) is 70.4 Å². The Kier molecular flexibility index (Phi) is 4.56. The fourth-order valence-corrected chi connectivity index (χ4v) is 3.69. The fourth-order valence-electron chi connectivity index (χ4n) is 3.69. The van der Waals surface area contributed by atoms with Gasteiger partial charge in [0, 0.05) is 45.2 Å². The van der Waals surface area contributed by atoms with Crippen LogP contribution in [0.25, 0.3) is 0 Å². The summed E-state index contributed by atoms with van der Waals surface area (Å²) in [7, 11) is 1.68. The molecule has 2 aliphatic rings. The molecule has 0 unspecified atom stereocenters. The van der Waals surface area contributed by atoms with Crippen molar-refractivity contribution in [1.29, 1.82) is 0 Å². The van der Waals surface area contributed by atoms with E-state index in [1.807, 2.05) is 22.7 Å². The summed E-state index contributed by atoms with van der Waals surface area (Å²) in [6.45, 7) is 9.25. The molecular formula is C20H29N5O3. The maximum Gasteiger partial charge on any atom is 0.259 e. The second kappa shape index (κ2) is 6.69. The second-order valence-electron chi connectivity index (χ2n) is 8.97. The number of aryl methyl sites for hydroxylation is 1. The third-order valence-corrected chi connectivity index (χ3v) is 5.84. The molecule has 4 rings (SSSR count). The van der Waals surface area contributed by atoms with Crippen LogP contribution in [0.5, 0.6) is 0 Å². The van der Waals surface area contributed by atoms with Gasteiger partial charge in [0.15, 0.2) is 5.82 Å². The smallest absolute Gasteiger partial charge is 0.259 e. The van der Waals surface area contributed by atoms with Crippen molar-refractivity contribution in [1.82, 2.24) is 24.8 Å². The van der Waals surface area contributed by atoms with Gasteiger partial charge in [-0.3, -0.25) is 9.48 Å². The van der Waals surface area contributed by atoms with E-state index in [-0.39, 0.29) is 11.4 Å². The minimum Gasteiger partial charge on any atom is -0.368 e. The molecule has 2 fully saturated rings. The van der Waals surface area contributed by atoms with Gasteiger partial charge in [0.05, 0.1) is 16.8 Å². The molecule has 1 saturated carbocycles. The molecule has 0 N–H and O–H groups in total. The minimum atomic E-state index is -0.610. The molecule has 1 aliphatic carbocycles. The second-order valence-corrected chi connectivity index (χ2v) is 8.97. The van der Waals surface area contributed by atoms with Gasteiger partial charge in [-0.25, -0.2) is 0 Å². The van der Waals surface area contributed by atoms with E-state index in [2.05, 4.69) is 36.0 Å². The molecule has 1 saturated heterocycles. The quantitative estimate of drug-likeness (QED) is 0.802. The van der Waals surface area contributed by atoms with Gasteiger partial charge >= 0.3 is 0 Å². The number of piperidine rings is 1. The molecule has 3 heterocycles. The summed E-state index contributed by atoms with van der Waals surface area (Å²) >= 11 is 0. The molecule has 0 radical (unpaired) electrons. The SMILES string of the molecule is COC1(c2nc(C3CC3)no2)CCN(C(=O)c2cn(C(C)(C)C)nc2C)CC1. The van der Waals surface area contributed by atoms with Gasteiger partial charge in [-0.2, -0.15) is 10.1 Å². The Balaban J connectivity index is 1.48. The molecule has 2 aromatic heterocycles. The zero-order valence-corrected chi connectivity index (χ0v) is 17.4. The molecular weight excluding hydrogens is 358 g/mol. The summed E-state index contributed by atoms with van der Waals surface area (Å²) in [5, 5.41) is 8.65. The third-order valence-electron chi connectivity index (χ3n) is 5.84. The van der Waals surface area contributed by atoms with Gasteiger partial charge in [0.2, 0.25) is 0 Å². The van der Waals surface area contributed by atoms with E-state index < -0.39 is 5.60 Å². The number of carbonyl (C=O) groups excluding carboxylic acids is 1. The standard InChI is InChI=1S/C20H29N5O3/c1-13-15(12-25(22-13)19(2,3)4)17(26)24-10-8-20(27-5,9-11-24)18-21-16(23-28-18)14-6-7-14/h12,14H,6-11H2,1-5H3. The van der Waals surface area contributed by atoms with E-state index in [1.54, 1.807) is 7.11 Å². The molecule has 1 amide bonds. The van der Waals surface area contributed by atoms with Crippen molar-refractivity contribution in [3.63, 3.8) is 0 Å². The van der Waals surface area contributed by atoms with Gasteiger partial charge in [0.25, 0.3) is 11.8 Å². The average Bonchev–Trinajstić information content (AvgIpc) is 3.24. The zero-order chi connectivity index (χ0) is 20.1. The lowest BCUT2D eigenvalue weighted by Crippen LogP contribution is -2.46. The van der Waals surface area contributed by atoms with E-state index in [9.17, 15) is 4.79 Å². The van der Waals surface area contributed by atoms with E-state index in [4.69, 9.17) is 9.26 Å². The number of aromatic nitrogens is 4. The number of amides is 1. The first-order valence-corrected chi connectivity index (χ1v) is 9.99. The highest BCUT2D eigenvalue weighted by Crippen LogP contribution is 2.41. The largest absolute Gasteiger partial charge is 0.368 e. The number of likely N-dealkylation sites (tertiary alicyclic amines) is 1. The average molecular weight is 387 g/mol. The van der Waals surface area contributed by atoms with Crippen LogP contribution in [-0.4, -0.2) is 50.9 Å². The molecule has 8 heteroatoms. The van der Waals surface area contributed by atoms with Crippen LogP contribution in [0.3, 0.4) is 0 Å². The van der Waals surface area contributed by atoms with E-state index in [1.165, 1.54) is 0 Å². The Morgan fingerprint density at radius 3 is 2.50 bits per heavy atom. The lowest BCUT2D eigenvalue weighted by molar-refractivity contribution is -0.0779. The van der Waals surface area contributed by atoms with Crippen LogP contribution in [0, 0.1) is 6.92 Å². The van der Waals surface area contributed by atoms with Gasteiger partial charge < -0.3 is 14.2 Å². The Hall–Kier alpha value is -2.22. The maximum atomic E-state index is 13.1. The summed E-state index contributed by atoms with van der Waals surface area (Å²) in [6.07, 6.45) is 5.38. The molecule has 0 bridgehead atoms. The summed E-state index contributed by atoms with van der Waals surface area (Å²) in [5.74, 6) is 1.79. The molecule has 2 aromatic rings. The van der Waals surface area contributed by atoms with Crippen molar-refractivity contribution in [3.8, 4) is 0 Å². The molecule has 0 atom stereocenters. The predicted octanol–water partition coefficient (Wildman–Crippen LogP) is 2.98. The fraction of sp³-hybridized carbons (Fsp3) is 0.700. The van der Waals surface area contributed by atoms with Crippen LogP contribution in [0.2, 0.25) is 0 Å². The van der Waals surface area contributed by atoms with Crippen molar-refractivity contribution in [2.75, 3.05) is 20.2 Å². The number of ether oxygens (including phenoxy) is 1. The summed E-state index contributed by atoms with van der Waals surface area (Å²) < 4.78 is 13.2. The lowest BCUT2D eigenvalue weighted by Gasteiger charge is -2.38. The molecule has 28 heavy (non-hydrogen) atoms. The van der Waals surface area contributed by atoms with Crippen LogP contribution in [0.1, 0.15) is 80.1 Å². The van der Waals surface area contributed by atoms with Crippen LogP contribution in [0.4, 0.5) is 0 Å². The summed E-state index contributed by atoms with van der Waals surface area (Å²) in [4.78, 5) is 19.5. The first kappa shape index (κ1) is 19.1. The molecule has 1 aliphatic heterocycles. The van der Waals surface area contributed by atoms with Gasteiger partial charge in [-0.1, -0.05) is 5.16 Å². The monoisotopic (exact) mass is 387 g/mol. The first-order chi connectivity index (χ1) is 13.2. The highest BCUT2D eigenvalue weighted by atomic mass is 16.5. The van der Waals surface area contributed by atoms with Gasteiger partial charge in [-0.15, -0.1) is 0 Å². The first-order valence-electron chi connectivity index (χ1n) is 9.99. The van der Waals surface area contributed by atoms with Crippen molar-refractivity contribution in [2.24, 2.45) is 0 Å². The van der Waals surface area contributed by atoms with Gasteiger partial charge in [-0.05, 0) is 40.5 Å². The Morgan fingerprint density at radius 2 is 1.96 bits per heavy atom. The summed E-state index contributed by atoms with van der Waals surface area (Å²) in [5.41, 5.74) is 0.651. The van der Waals surface area contributed by atoms with Crippen LogP contribution >= 0.6 is 0 Å². The van der Waals surface area contributed by atoms with Gasteiger partial charge in [0.1, 0.15) is 5.60 Å². The predicted molar refractivity (Wildman–Crippen MR) is 102 cm³/mol. The van der Waals surface area contributed by atoms with Crippen LogP contribution in [-0.2, 0) is 15.9 Å². The number of carbonyl (C=O) groups is 1. The lowest BCUT2D eigenvalue weighted by atomic mass is 9.90. The Labute approximate surface area is 165 Å². The minimum absolute atomic E-state index is 0.0156.